The Morgan fingerprint density at radius 1 is 1.18 bits per heavy atom. The molecule has 1 amide bonds. The first-order valence-electron chi connectivity index (χ1n) is 8.62. The number of rotatable bonds is 7. The minimum atomic E-state index is -3.81. The van der Waals surface area contributed by atoms with Crippen LogP contribution < -0.4 is 9.52 Å². The minimum absolute atomic E-state index is 0.129. The molecule has 1 atom stereocenters. The molecular formula is C19H21N3O3S3. The third-order valence-corrected chi connectivity index (χ3v) is 7.42. The van der Waals surface area contributed by atoms with E-state index in [-0.39, 0.29) is 4.90 Å². The molecule has 1 N–H and O–H groups in total. The molecule has 0 saturated carbocycles. The average molecular weight is 436 g/mol. The van der Waals surface area contributed by atoms with Crippen molar-refractivity contribution in [2.75, 3.05) is 12.0 Å². The number of hydrogen-bond acceptors (Lipinski definition) is 5. The fourth-order valence-corrected chi connectivity index (χ4v) is 5.42. The molecule has 3 rings (SSSR count). The summed E-state index contributed by atoms with van der Waals surface area (Å²) in [6.45, 7) is 0. The van der Waals surface area contributed by atoms with E-state index >= 15 is 0 Å². The monoisotopic (exact) mass is 435 g/mol. The summed E-state index contributed by atoms with van der Waals surface area (Å²) in [5, 5.41) is 0. The molecule has 0 aliphatic rings. The van der Waals surface area contributed by atoms with Gasteiger partial charge in [-0.25, -0.2) is 8.42 Å². The maximum Gasteiger partial charge on any atom is 0.266 e. The molecule has 28 heavy (non-hydrogen) atoms. The molecule has 0 aliphatic carbocycles. The maximum atomic E-state index is 12.8. The zero-order valence-corrected chi connectivity index (χ0v) is 18.0. The van der Waals surface area contributed by atoms with Crippen LogP contribution in [-0.2, 0) is 21.9 Å². The fraction of sp³-hybridized carbons (Fsp3) is 0.263. The van der Waals surface area contributed by atoms with Crippen molar-refractivity contribution in [2.45, 2.75) is 17.4 Å². The van der Waals surface area contributed by atoms with Gasteiger partial charge in [0.25, 0.3) is 5.91 Å². The van der Waals surface area contributed by atoms with Crippen molar-refractivity contribution in [3.8, 4) is 0 Å². The number of sulfonamides is 1. The zero-order valence-electron chi connectivity index (χ0n) is 15.5. The summed E-state index contributed by atoms with van der Waals surface area (Å²) in [4.78, 5) is 17.8. The third kappa shape index (κ3) is 4.72. The van der Waals surface area contributed by atoms with Gasteiger partial charge in [0.2, 0.25) is 10.0 Å². The standard InChI is InChI=1S/C19H21N3O3S3/c1-22-16-10-6-7-11-17(16)27-19(22)20-18(23)15(12-13-26-2)21-28(24,25)14-8-4-3-5-9-14/h3-11,15,21H,12-13H2,1-2H3. The summed E-state index contributed by atoms with van der Waals surface area (Å²) in [5.74, 6) is 0.151. The first kappa shape index (κ1) is 20.8. The second-order valence-electron chi connectivity index (χ2n) is 6.13. The SMILES string of the molecule is CSCCC(NS(=O)(=O)c1ccccc1)C(=O)N=c1sc2ccccc2n1C. The smallest absolute Gasteiger partial charge is 0.266 e. The highest BCUT2D eigenvalue weighted by atomic mass is 32.2. The molecule has 0 saturated heterocycles. The van der Waals surface area contributed by atoms with Gasteiger partial charge in [0.15, 0.2) is 4.80 Å². The van der Waals surface area contributed by atoms with E-state index in [0.717, 1.165) is 10.2 Å². The van der Waals surface area contributed by atoms with E-state index in [1.54, 1.807) is 30.0 Å². The molecule has 1 aromatic heterocycles. The fourth-order valence-electron chi connectivity index (χ4n) is 2.68. The van der Waals surface area contributed by atoms with Gasteiger partial charge >= 0.3 is 0 Å². The Labute approximate surface area is 172 Å². The normalized spacial score (nSPS) is 13.7. The van der Waals surface area contributed by atoms with Gasteiger partial charge in [0, 0.05) is 7.05 Å². The van der Waals surface area contributed by atoms with Gasteiger partial charge in [-0.15, -0.1) is 0 Å². The molecule has 9 heteroatoms. The number of para-hydroxylation sites is 1. The number of carbonyl (C=O) groups is 1. The summed E-state index contributed by atoms with van der Waals surface area (Å²) in [7, 11) is -1.96. The number of hydrogen-bond donors (Lipinski definition) is 1. The topological polar surface area (TPSA) is 80.5 Å². The summed E-state index contributed by atoms with van der Waals surface area (Å²) in [6, 6.07) is 14.9. The van der Waals surface area contributed by atoms with E-state index in [1.165, 1.54) is 23.5 Å². The number of aryl methyl sites for hydroxylation is 1. The van der Waals surface area contributed by atoms with Crippen molar-refractivity contribution in [3.05, 3.63) is 59.4 Å². The van der Waals surface area contributed by atoms with Crippen LogP contribution in [0, 0.1) is 0 Å². The van der Waals surface area contributed by atoms with Crippen LogP contribution in [0.25, 0.3) is 10.2 Å². The van der Waals surface area contributed by atoms with Gasteiger partial charge in [-0.1, -0.05) is 41.7 Å². The molecule has 1 heterocycles. The first-order valence-corrected chi connectivity index (χ1v) is 12.3. The number of carbonyl (C=O) groups excluding carboxylic acids is 1. The number of fused-ring (bicyclic) bond motifs is 1. The Hall–Kier alpha value is -1.94. The maximum absolute atomic E-state index is 12.8. The molecule has 2 aromatic carbocycles. The molecular weight excluding hydrogens is 414 g/mol. The Bertz CT molecular complexity index is 1140. The predicted octanol–water partition coefficient (Wildman–Crippen LogP) is 2.77. The second-order valence-corrected chi connectivity index (χ2v) is 9.84. The summed E-state index contributed by atoms with van der Waals surface area (Å²) < 4.78 is 30.7. The van der Waals surface area contributed by atoms with E-state index in [4.69, 9.17) is 0 Å². The number of thiazole rings is 1. The van der Waals surface area contributed by atoms with E-state index in [2.05, 4.69) is 9.71 Å². The molecule has 0 spiro atoms. The number of benzene rings is 2. The van der Waals surface area contributed by atoms with E-state index in [1.807, 2.05) is 42.1 Å². The summed E-state index contributed by atoms with van der Waals surface area (Å²) in [6.07, 6.45) is 2.28. The first-order chi connectivity index (χ1) is 13.4. The number of thioether (sulfide) groups is 1. The van der Waals surface area contributed by atoms with Crippen LogP contribution in [0.4, 0.5) is 0 Å². The van der Waals surface area contributed by atoms with Crippen molar-refractivity contribution < 1.29 is 13.2 Å². The van der Waals surface area contributed by atoms with Gasteiger partial charge in [0.1, 0.15) is 6.04 Å². The van der Waals surface area contributed by atoms with Gasteiger partial charge in [-0.2, -0.15) is 21.5 Å². The lowest BCUT2D eigenvalue weighted by Gasteiger charge is -2.15. The van der Waals surface area contributed by atoms with E-state index in [9.17, 15) is 13.2 Å². The molecule has 0 fully saturated rings. The number of nitrogens with zero attached hydrogens (tertiary/aromatic N) is 2. The van der Waals surface area contributed by atoms with Crippen LogP contribution in [0.3, 0.4) is 0 Å². The number of nitrogens with one attached hydrogen (secondary N) is 1. The van der Waals surface area contributed by atoms with Crippen LogP contribution in [0.1, 0.15) is 6.42 Å². The van der Waals surface area contributed by atoms with Crippen LogP contribution in [0.2, 0.25) is 0 Å². The van der Waals surface area contributed by atoms with Crippen LogP contribution in [0.5, 0.6) is 0 Å². The van der Waals surface area contributed by atoms with Gasteiger partial charge in [0.05, 0.1) is 15.1 Å². The van der Waals surface area contributed by atoms with Gasteiger partial charge in [-0.3, -0.25) is 4.79 Å². The Balaban J connectivity index is 1.92. The van der Waals surface area contributed by atoms with Gasteiger partial charge in [-0.05, 0) is 42.7 Å². The predicted molar refractivity (Wildman–Crippen MR) is 115 cm³/mol. The molecule has 0 aliphatic heterocycles. The van der Waals surface area contributed by atoms with Crippen molar-refractivity contribution in [3.63, 3.8) is 0 Å². The molecule has 148 valence electrons. The van der Waals surface area contributed by atoms with Crippen molar-refractivity contribution >= 4 is 49.2 Å². The largest absolute Gasteiger partial charge is 0.319 e. The second kappa shape index (κ2) is 9.04. The molecule has 1 unspecified atom stereocenters. The van der Waals surface area contributed by atoms with Crippen molar-refractivity contribution in [2.24, 2.45) is 12.0 Å². The molecule has 3 aromatic rings. The highest BCUT2D eigenvalue weighted by molar-refractivity contribution is 7.98. The van der Waals surface area contributed by atoms with Crippen LogP contribution >= 0.6 is 23.1 Å². The lowest BCUT2D eigenvalue weighted by atomic mass is 10.2. The average Bonchev–Trinajstić information content (AvgIpc) is 3.01. The molecule has 0 bridgehead atoms. The van der Waals surface area contributed by atoms with Crippen molar-refractivity contribution in [1.29, 1.82) is 0 Å². The number of aromatic nitrogens is 1. The lowest BCUT2D eigenvalue weighted by Crippen LogP contribution is -2.41. The Morgan fingerprint density at radius 3 is 2.54 bits per heavy atom. The lowest BCUT2D eigenvalue weighted by molar-refractivity contribution is -0.119. The van der Waals surface area contributed by atoms with Gasteiger partial charge < -0.3 is 4.57 Å². The van der Waals surface area contributed by atoms with E-state index < -0.39 is 22.0 Å². The quantitative estimate of drug-likeness (QED) is 0.619. The summed E-state index contributed by atoms with van der Waals surface area (Å²) >= 11 is 2.95. The highest BCUT2D eigenvalue weighted by Crippen LogP contribution is 2.16. The number of amides is 1. The summed E-state index contributed by atoms with van der Waals surface area (Å²) in [5.41, 5.74) is 0.976. The van der Waals surface area contributed by atoms with Crippen molar-refractivity contribution in [1.82, 2.24) is 9.29 Å². The Morgan fingerprint density at radius 2 is 1.86 bits per heavy atom. The molecule has 6 nitrogen and oxygen atoms in total. The Kier molecular flexibility index (Phi) is 6.71. The third-order valence-electron chi connectivity index (χ3n) is 4.18. The van der Waals surface area contributed by atoms with Crippen LogP contribution in [0.15, 0.2) is 64.5 Å². The van der Waals surface area contributed by atoms with E-state index in [0.29, 0.717) is 17.0 Å². The highest BCUT2D eigenvalue weighted by Gasteiger charge is 2.25. The zero-order chi connectivity index (χ0) is 20.1. The molecule has 0 radical (unpaired) electrons. The minimum Gasteiger partial charge on any atom is -0.319 e. The van der Waals surface area contributed by atoms with Crippen LogP contribution in [-0.4, -0.2) is 36.9 Å².